The van der Waals surface area contributed by atoms with Crippen molar-refractivity contribution in [2.75, 3.05) is 31.9 Å². The Bertz CT molecular complexity index is 1370. The molecule has 7 nitrogen and oxygen atoms in total. The van der Waals surface area contributed by atoms with Crippen LogP contribution in [0.5, 0.6) is 11.5 Å². The van der Waals surface area contributed by atoms with Crippen LogP contribution in [0.4, 0.5) is 11.6 Å². The fourth-order valence-corrected chi connectivity index (χ4v) is 3.92. The minimum Gasteiger partial charge on any atom is -0.493 e. The summed E-state index contributed by atoms with van der Waals surface area (Å²) < 4.78 is 10.8. The summed E-state index contributed by atoms with van der Waals surface area (Å²) in [7, 11) is 4.97. The number of anilines is 2. The molecule has 0 unspecified atom stereocenters. The number of amides is 1. The van der Waals surface area contributed by atoms with Crippen LogP contribution in [0.15, 0.2) is 54.7 Å². The number of rotatable bonds is 7. The van der Waals surface area contributed by atoms with Crippen LogP contribution in [0.3, 0.4) is 0 Å². The van der Waals surface area contributed by atoms with Gasteiger partial charge in [0.15, 0.2) is 11.5 Å². The highest BCUT2D eigenvalue weighted by atomic mass is 16.5. The van der Waals surface area contributed by atoms with E-state index in [1.807, 2.05) is 56.3 Å². The predicted octanol–water partition coefficient (Wildman–Crippen LogP) is 5.48. The van der Waals surface area contributed by atoms with E-state index in [0.717, 1.165) is 39.6 Å². The van der Waals surface area contributed by atoms with Crippen molar-refractivity contribution in [1.82, 2.24) is 9.97 Å². The molecular weight excluding hydrogens is 428 g/mol. The average Bonchev–Trinajstić information content (AvgIpc) is 2.87. The lowest BCUT2D eigenvalue weighted by Crippen LogP contribution is -2.14. The van der Waals surface area contributed by atoms with Crippen LogP contribution in [0.1, 0.15) is 28.4 Å². The minimum absolute atomic E-state index is 0.189. The van der Waals surface area contributed by atoms with E-state index in [1.165, 1.54) is 0 Å². The van der Waals surface area contributed by atoms with Gasteiger partial charge in [-0.2, -0.15) is 0 Å². The maximum atomic E-state index is 13.2. The molecule has 2 N–H and O–H groups in total. The Morgan fingerprint density at radius 1 is 1.00 bits per heavy atom. The second-order valence-electron chi connectivity index (χ2n) is 7.92. The van der Waals surface area contributed by atoms with Crippen LogP contribution in [-0.2, 0) is 6.42 Å². The molecule has 0 fully saturated rings. The molecule has 0 aliphatic carbocycles. The molecule has 1 heterocycles. The Balaban J connectivity index is 1.67. The number of nitrogens with zero attached hydrogens (tertiary/aromatic N) is 2. The van der Waals surface area contributed by atoms with Crippen molar-refractivity contribution in [3.63, 3.8) is 0 Å². The van der Waals surface area contributed by atoms with Crippen molar-refractivity contribution in [3.8, 4) is 22.6 Å². The number of methoxy groups -OCH3 is 2. The Morgan fingerprint density at radius 3 is 2.47 bits per heavy atom. The van der Waals surface area contributed by atoms with Crippen LogP contribution in [-0.4, -0.2) is 37.1 Å². The SMILES string of the molecule is CCc1cc(OC)c(OC)cc1NC(=O)c1ccc(C)c(-c2ccc3nc(NC)ncc3c2)c1. The van der Waals surface area contributed by atoms with Gasteiger partial charge < -0.3 is 20.1 Å². The van der Waals surface area contributed by atoms with E-state index in [2.05, 4.69) is 20.6 Å². The monoisotopic (exact) mass is 456 g/mol. The normalized spacial score (nSPS) is 10.7. The average molecular weight is 457 g/mol. The van der Waals surface area contributed by atoms with E-state index in [0.29, 0.717) is 28.7 Å². The van der Waals surface area contributed by atoms with Gasteiger partial charge in [-0.3, -0.25) is 4.79 Å². The number of hydrogen-bond acceptors (Lipinski definition) is 6. The van der Waals surface area contributed by atoms with E-state index >= 15 is 0 Å². The van der Waals surface area contributed by atoms with E-state index in [1.54, 1.807) is 33.5 Å². The number of fused-ring (bicyclic) bond motifs is 1. The van der Waals surface area contributed by atoms with E-state index < -0.39 is 0 Å². The Kier molecular flexibility index (Phi) is 6.63. The highest BCUT2D eigenvalue weighted by Crippen LogP contribution is 2.34. The minimum atomic E-state index is -0.189. The molecule has 0 saturated heterocycles. The molecule has 3 aromatic carbocycles. The predicted molar refractivity (Wildman–Crippen MR) is 136 cm³/mol. The Morgan fingerprint density at radius 2 is 1.76 bits per heavy atom. The van der Waals surface area contributed by atoms with Gasteiger partial charge in [0.1, 0.15) is 0 Å². The van der Waals surface area contributed by atoms with Gasteiger partial charge in [0.05, 0.1) is 19.7 Å². The number of ether oxygens (including phenoxy) is 2. The van der Waals surface area contributed by atoms with E-state index in [-0.39, 0.29) is 5.91 Å². The summed E-state index contributed by atoms with van der Waals surface area (Å²) in [6, 6.07) is 15.4. The van der Waals surface area contributed by atoms with Crippen molar-refractivity contribution < 1.29 is 14.3 Å². The number of carbonyl (C=O) groups excluding carboxylic acids is 1. The van der Waals surface area contributed by atoms with E-state index in [4.69, 9.17) is 9.47 Å². The maximum absolute atomic E-state index is 13.2. The number of carbonyl (C=O) groups is 1. The van der Waals surface area contributed by atoms with Crippen LogP contribution < -0.4 is 20.1 Å². The summed E-state index contributed by atoms with van der Waals surface area (Å²) >= 11 is 0. The summed E-state index contributed by atoms with van der Waals surface area (Å²) in [5.74, 6) is 1.60. The third-order valence-electron chi connectivity index (χ3n) is 5.85. The molecule has 4 rings (SSSR count). The van der Waals surface area contributed by atoms with Crippen LogP contribution >= 0.6 is 0 Å². The smallest absolute Gasteiger partial charge is 0.255 e. The first-order valence-electron chi connectivity index (χ1n) is 11.1. The van der Waals surface area contributed by atoms with Crippen molar-refractivity contribution >= 4 is 28.4 Å². The fraction of sp³-hybridized carbons (Fsp3) is 0.222. The quantitative estimate of drug-likeness (QED) is 0.383. The van der Waals surface area contributed by atoms with Gasteiger partial charge in [0, 0.05) is 35.9 Å². The van der Waals surface area contributed by atoms with Crippen LogP contribution in [0.2, 0.25) is 0 Å². The fourth-order valence-electron chi connectivity index (χ4n) is 3.92. The Labute approximate surface area is 199 Å². The molecule has 0 saturated carbocycles. The molecule has 7 heteroatoms. The molecule has 0 aliphatic heterocycles. The van der Waals surface area contributed by atoms with Crippen LogP contribution in [0.25, 0.3) is 22.0 Å². The first-order valence-corrected chi connectivity index (χ1v) is 11.1. The molecule has 0 aliphatic rings. The first kappa shape index (κ1) is 23.0. The second kappa shape index (κ2) is 9.79. The lowest BCUT2D eigenvalue weighted by Gasteiger charge is -2.16. The van der Waals surface area contributed by atoms with Gasteiger partial charge in [-0.05, 0) is 65.9 Å². The highest BCUT2D eigenvalue weighted by molar-refractivity contribution is 6.05. The molecule has 34 heavy (non-hydrogen) atoms. The summed E-state index contributed by atoms with van der Waals surface area (Å²) in [5, 5.41) is 6.93. The highest BCUT2D eigenvalue weighted by Gasteiger charge is 2.15. The zero-order valence-electron chi connectivity index (χ0n) is 20.0. The molecule has 0 atom stereocenters. The Hall–Kier alpha value is -4.13. The topological polar surface area (TPSA) is 85.4 Å². The second-order valence-corrected chi connectivity index (χ2v) is 7.92. The van der Waals surface area contributed by atoms with Crippen LogP contribution in [0, 0.1) is 6.92 Å². The van der Waals surface area contributed by atoms with Crippen molar-refractivity contribution in [2.24, 2.45) is 0 Å². The van der Waals surface area contributed by atoms with Gasteiger partial charge in [-0.1, -0.05) is 19.1 Å². The molecule has 0 spiro atoms. The number of hydrogen-bond donors (Lipinski definition) is 2. The summed E-state index contributed by atoms with van der Waals surface area (Å²) in [6.07, 6.45) is 2.54. The lowest BCUT2D eigenvalue weighted by molar-refractivity contribution is 0.102. The molecule has 174 valence electrons. The third-order valence-corrected chi connectivity index (χ3v) is 5.85. The third kappa shape index (κ3) is 4.50. The summed E-state index contributed by atoms with van der Waals surface area (Å²) in [4.78, 5) is 22.0. The van der Waals surface area contributed by atoms with E-state index in [9.17, 15) is 4.79 Å². The van der Waals surface area contributed by atoms with Gasteiger partial charge >= 0.3 is 0 Å². The summed E-state index contributed by atoms with van der Waals surface area (Å²) in [5.41, 5.74) is 6.15. The molecule has 0 bridgehead atoms. The number of benzene rings is 3. The standard InChI is InChI=1S/C27H28N4O3/c1-6-17-13-24(33-4)25(34-5)14-23(17)30-26(32)19-8-7-16(2)21(12-19)18-9-10-22-20(11-18)15-29-27(28-3)31-22/h7-15H,6H2,1-5H3,(H,30,32)(H,28,29,31). The van der Waals surface area contributed by atoms with Gasteiger partial charge in [-0.25, -0.2) is 9.97 Å². The maximum Gasteiger partial charge on any atom is 0.255 e. The number of nitrogens with one attached hydrogen (secondary N) is 2. The molecule has 1 amide bonds. The lowest BCUT2D eigenvalue weighted by atomic mass is 9.96. The molecule has 1 aromatic heterocycles. The molecule has 4 aromatic rings. The van der Waals surface area contributed by atoms with Crippen molar-refractivity contribution in [3.05, 3.63) is 71.4 Å². The van der Waals surface area contributed by atoms with Gasteiger partial charge in [0.2, 0.25) is 5.95 Å². The van der Waals surface area contributed by atoms with Crippen molar-refractivity contribution in [2.45, 2.75) is 20.3 Å². The van der Waals surface area contributed by atoms with Crippen molar-refractivity contribution in [1.29, 1.82) is 0 Å². The molecule has 0 radical (unpaired) electrons. The largest absolute Gasteiger partial charge is 0.493 e. The summed E-state index contributed by atoms with van der Waals surface area (Å²) in [6.45, 7) is 4.06. The zero-order valence-corrected chi connectivity index (χ0v) is 20.0. The number of aromatic nitrogens is 2. The van der Waals surface area contributed by atoms with Gasteiger partial charge in [-0.15, -0.1) is 0 Å². The first-order chi connectivity index (χ1) is 16.5. The zero-order chi connectivity index (χ0) is 24.2. The molecular formula is C27H28N4O3. The number of aryl methyl sites for hydroxylation is 2. The van der Waals surface area contributed by atoms with Gasteiger partial charge in [0.25, 0.3) is 5.91 Å².